The van der Waals surface area contributed by atoms with Gasteiger partial charge in [0.05, 0.1) is 18.4 Å². The maximum absolute atomic E-state index is 12.5. The number of carbonyl (C=O) groups excluding carboxylic acids is 1. The van der Waals surface area contributed by atoms with Crippen molar-refractivity contribution in [1.82, 2.24) is 14.8 Å². The average Bonchev–Trinajstić information content (AvgIpc) is 3.32. The summed E-state index contributed by atoms with van der Waals surface area (Å²) in [7, 11) is 3.55. The highest BCUT2D eigenvalue weighted by Gasteiger charge is 2.22. The molecular weight excluding hydrogens is 430 g/mol. The van der Waals surface area contributed by atoms with Crippen LogP contribution in [-0.4, -0.2) is 33.5 Å². The van der Waals surface area contributed by atoms with Crippen LogP contribution in [0.3, 0.4) is 0 Å². The van der Waals surface area contributed by atoms with Crippen molar-refractivity contribution in [3.8, 4) is 11.8 Å². The lowest BCUT2D eigenvalue weighted by molar-refractivity contribution is -0.113. The first-order valence-electron chi connectivity index (χ1n) is 10.1. The molecule has 9 heteroatoms. The molecule has 2 heterocycles. The molecule has 1 amide bonds. The van der Waals surface area contributed by atoms with Gasteiger partial charge in [-0.3, -0.25) is 4.79 Å². The van der Waals surface area contributed by atoms with Crippen LogP contribution in [0, 0.1) is 11.3 Å². The topological polar surface area (TPSA) is 92.8 Å². The second-order valence-corrected chi connectivity index (χ2v) is 9.39. The van der Waals surface area contributed by atoms with Gasteiger partial charge >= 0.3 is 0 Å². The van der Waals surface area contributed by atoms with Crippen LogP contribution in [0.15, 0.2) is 29.4 Å². The quantitative estimate of drug-likeness (QED) is 0.545. The predicted molar refractivity (Wildman–Crippen MR) is 122 cm³/mol. The number of ether oxygens (including phenoxy) is 1. The minimum absolute atomic E-state index is 0.139. The number of hydrogen-bond acceptors (Lipinski definition) is 7. The van der Waals surface area contributed by atoms with Gasteiger partial charge in [0.25, 0.3) is 0 Å². The van der Waals surface area contributed by atoms with Gasteiger partial charge in [-0.25, -0.2) is 0 Å². The van der Waals surface area contributed by atoms with Crippen LogP contribution >= 0.6 is 23.1 Å². The molecule has 7 nitrogen and oxygen atoms in total. The minimum Gasteiger partial charge on any atom is -0.497 e. The summed E-state index contributed by atoms with van der Waals surface area (Å²) in [5, 5.41) is 22.3. The van der Waals surface area contributed by atoms with E-state index in [9.17, 15) is 10.1 Å². The molecule has 0 radical (unpaired) electrons. The van der Waals surface area contributed by atoms with Crippen LogP contribution in [0.1, 0.15) is 40.2 Å². The largest absolute Gasteiger partial charge is 0.497 e. The Hall–Kier alpha value is -2.83. The van der Waals surface area contributed by atoms with Crippen LogP contribution in [0.5, 0.6) is 5.75 Å². The fraction of sp³-hybridized carbons (Fsp3) is 0.364. The smallest absolute Gasteiger partial charge is 0.235 e. The highest BCUT2D eigenvalue weighted by atomic mass is 32.2. The van der Waals surface area contributed by atoms with Gasteiger partial charge in [0.15, 0.2) is 5.16 Å². The van der Waals surface area contributed by atoms with Crippen molar-refractivity contribution in [2.75, 3.05) is 18.2 Å². The average molecular weight is 454 g/mol. The molecule has 0 saturated heterocycles. The first-order chi connectivity index (χ1) is 15.1. The lowest BCUT2D eigenvalue weighted by Crippen LogP contribution is -2.14. The Kier molecular flexibility index (Phi) is 6.59. The summed E-state index contributed by atoms with van der Waals surface area (Å²) in [6.07, 6.45) is 4.82. The van der Waals surface area contributed by atoms with E-state index >= 15 is 0 Å². The molecule has 0 atom stereocenters. The van der Waals surface area contributed by atoms with Crippen LogP contribution in [0.4, 0.5) is 5.00 Å². The van der Waals surface area contributed by atoms with Crippen LogP contribution < -0.4 is 10.1 Å². The van der Waals surface area contributed by atoms with Crippen molar-refractivity contribution in [2.45, 2.75) is 37.3 Å². The molecule has 160 valence electrons. The molecule has 0 bridgehead atoms. The van der Waals surface area contributed by atoms with E-state index in [4.69, 9.17) is 4.74 Å². The molecular formula is C22H23N5O2S2. The fourth-order valence-electron chi connectivity index (χ4n) is 3.62. The number of aromatic nitrogens is 3. The van der Waals surface area contributed by atoms with Crippen LogP contribution in [0.25, 0.3) is 0 Å². The van der Waals surface area contributed by atoms with E-state index in [-0.39, 0.29) is 11.7 Å². The second-order valence-electron chi connectivity index (χ2n) is 7.35. The molecule has 0 unspecified atom stereocenters. The summed E-state index contributed by atoms with van der Waals surface area (Å²) in [5.74, 6) is 1.71. The van der Waals surface area contributed by atoms with Gasteiger partial charge in [-0.2, -0.15) is 5.26 Å². The van der Waals surface area contributed by atoms with Gasteiger partial charge in [-0.05, 0) is 48.9 Å². The van der Waals surface area contributed by atoms with E-state index in [1.807, 2.05) is 35.9 Å². The van der Waals surface area contributed by atoms with E-state index < -0.39 is 0 Å². The summed E-state index contributed by atoms with van der Waals surface area (Å²) in [5.41, 5.74) is 2.87. The first kappa shape index (κ1) is 21.4. The van der Waals surface area contributed by atoms with E-state index in [1.54, 1.807) is 18.4 Å². The highest BCUT2D eigenvalue weighted by molar-refractivity contribution is 7.99. The van der Waals surface area contributed by atoms with Crippen molar-refractivity contribution in [1.29, 1.82) is 5.26 Å². The third-order valence-electron chi connectivity index (χ3n) is 5.31. The molecule has 3 aromatic rings. The van der Waals surface area contributed by atoms with Gasteiger partial charge in [0.2, 0.25) is 5.91 Å². The third-order valence-corrected chi connectivity index (χ3v) is 7.54. The Balaban J connectivity index is 1.37. The third kappa shape index (κ3) is 4.75. The SMILES string of the molecule is COc1ccc(Cc2nnc(SCC(=O)Nc3sc4c(c3C#N)CCCC4)n2C)cc1. The minimum atomic E-state index is -0.139. The Bertz CT molecular complexity index is 1130. The molecule has 0 spiro atoms. The summed E-state index contributed by atoms with van der Waals surface area (Å²) in [6, 6.07) is 10.1. The number of nitriles is 1. The second kappa shape index (κ2) is 9.54. The predicted octanol–water partition coefficient (Wildman–Crippen LogP) is 3.96. The molecule has 0 fully saturated rings. The molecule has 1 aliphatic carbocycles. The fourth-order valence-corrected chi connectivity index (χ4v) is 5.60. The summed E-state index contributed by atoms with van der Waals surface area (Å²) < 4.78 is 7.10. The molecule has 2 aromatic heterocycles. The molecule has 1 N–H and O–H groups in total. The zero-order valence-corrected chi connectivity index (χ0v) is 19.1. The van der Waals surface area contributed by atoms with Crippen LogP contribution in [0.2, 0.25) is 0 Å². The number of thioether (sulfide) groups is 1. The van der Waals surface area contributed by atoms with Gasteiger partial charge in [0, 0.05) is 18.3 Å². The summed E-state index contributed by atoms with van der Waals surface area (Å²) in [6.45, 7) is 0. The number of anilines is 1. The van der Waals surface area contributed by atoms with Gasteiger partial charge in [0.1, 0.15) is 22.6 Å². The maximum atomic E-state index is 12.5. The van der Waals surface area contributed by atoms with E-state index in [0.717, 1.165) is 48.4 Å². The number of amides is 1. The number of methoxy groups -OCH3 is 1. The molecule has 1 aromatic carbocycles. The molecule has 1 aliphatic rings. The van der Waals surface area contributed by atoms with Gasteiger partial charge in [-0.15, -0.1) is 21.5 Å². The zero-order valence-electron chi connectivity index (χ0n) is 17.5. The van der Waals surface area contributed by atoms with Crippen molar-refractivity contribution in [2.24, 2.45) is 7.05 Å². The lowest BCUT2D eigenvalue weighted by Gasteiger charge is -2.09. The number of fused-ring (bicyclic) bond motifs is 1. The van der Waals surface area contributed by atoms with Crippen molar-refractivity contribution in [3.05, 3.63) is 51.7 Å². The lowest BCUT2D eigenvalue weighted by atomic mass is 9.96. The normalized spacial score (nSPS) is 12.8. The maximum Gasteiger partial charge on any atom is 0.235 e. The molecule has 4 rings (SSSR count). The number of aryl methyl sites for hydroxylation is 1. The number of hydrogen-bond donors (Lipinski definition) is 1. The van der Waals surface area contributed by atoms with Crippen molar-refractivity contribution in [3.63, 3.8) is 0 Å². The monoisotopic (exact) mass is 453 g/mol. The number of benzene rings is 1. The Labute approximate surface area is 189 Å². The summed E-state index contributed by atoms with van der Waals surface area (Å²) in [4.78, 5) is 13.8. The number of nitrogens with zero attached hydrogens (tertiary/aromatic N) is 4. The van der Waals surface area contributed by atoms with Gasteiger partial charge in [-0.1, -0.05) is 23.9 Å². The first-order valence-corrected chi connectivity index (χ1v) is 11.9. The molecule has 0 saturated carbocycles. The van der Waals surface area contributed by atoms with Crippen LogP contribution in [-0.2, 0) is 31.1 Å². The van der Waals surface area contributed by atoms with E-state index in [2.05, 4.69) is 21.6 Å². The summed E-state index contributed by atoms with van der Waals surface area (Å²) >= 11 is 2.88. The zero-order chi connectivity index (χ0) is 21.8. The van der Waals surface area contributed by atoms with E-state index in [1.165, 1.54) is 16.6 Å². The number of rotatable bonds is 7. The Morgan fingerprint density at radius 3 is 2.81 bits per heavy atom. The number of carbonyl (C=O) groups is 1. The van der Waals surface area contributed by atoms with Gasteiger partial charge < -0.3 is 14.6 Å². The standard InChI is InChI=1S/C22H23N5O2S2/c1-27-19(11-14-7-9-15(29-2)10-8-14)25-26-22(27)30-13-20(28)24-21-17(12-23)16-5-3-4-6-18(16)31-21/h7-10H,3-6,11,13H2,1-2H3,(H,24,28). The molecule has 0 aliphatic heterocycles. The highest BCUT2D eigenvalue weighted by Crippen LogP contribution is 2.37. The number of thiophene rings is 1. The molecule has 31 heavy (non-hydrogen) atoms. The Morgan fingerprint density at radius 2 is 2.06 bits per heavy atom. The Morgan fingerprint density at radius 1 is 1.29 bits per heavy atom. The van der Waals surface area contributed by atoms with Crippen molar-refractivity contribution >= 4 is 34.0 Å². The number of nitrogens with one attached hydrogen (secondary N) is 1. The van der Waals surface area contributed by atoms with E-state index in [0.29, 0.717) is 22.1 Å². The van der Waals surface area contributed by atoms with Crippen molar-refractivity contribution < 1.29 is 9.53 Å².